The fourth-order valence-corrected chi connectivity index (χ4v) is 8.35. The maximum absolute atomic E-state index is 12.8. The Morgan fingerprint density at radius 1 is 0.939 bits per heavy atom. The molecule has 0 heterocycles. The van der Waals surface area contributed by atoms with Gasteiger partial charge in [-0.05, 0) is 92.6 Å². The van der Waals surface area contributed by atoms with E-state index in [0.29, 0.717) is 29.2 Å². The Bertz CT molecular complexity index is 938. The molecular formula is C29H38O4. The zero-order chi connectivity index (χ0) is 23.4. The van der Waals surface area contributed by atoms with Gasteiger partial charge < -0.3 is 9.47 Å². The van der Waals surface area contributed by atoms with Gasteiger partial charge in [-0.1, -0.05) is 44.2 Å². The normalized spacial score (nSPS) is 42.0. The van der Waals surface area contributed by atoms with Gasteiger partial charge in [0.15, 0.2) is 0 Å². The molecule has 4 nitrogen and oxygen atoms in total. The molecule has 0 radical (unpaired) electrons. The van der Waals surface area contributed by atoms with Crippen molar-refractivity contribution in [2.75, 3.05) is 0 Å². The zero-order valence-electron chi connectivity index (χ0n) is 20.3. The molecule has 4 aliphatic rings. The Kier molecular flexibility index (Phi) is 5.69. The highest BCUT2D eigenvalue weighted by atomic mass is 16.5. The van der Waals surface area contributed by atoms with E-state index in [0.717, 1.165) is 44.9 Å². The number of benzene rings is 1. The summed E-state index contributed by atoms with van der Waals surface area (Å²) in [4.78, 5) is 24.4. The number of hydrogen-bond acceptors (Lipinski definition) is 4. The van der Waals surface area contributed by atoms with Gasteiger partial charge in [0.05, 0.1) is 5.56 Å². The minimum Gasteiger partial charge on any atom is -0.463 e. The second-order valence-corrected chi connectivity index (χ2v) is 11.7. The van der Waals surface area contributed by atoms with Crippen molar-refractivity contribution in [2.45, 2.75) is 84.3 Å². The second kappa shape index (κ2) is 8.29. The number of esters is 2. The maximum Gasteiger partial charge on any atom is 0.338 e. The molecule has 0 aromatic heterocycles. The predicted octanol–water partition coefficient (Wildman–Crippen LogP) is 6.35. The van der Waals surface area contributed by atoms with Crippen LogP contribution in [0.4, 0.5) is 0 Å². The van der Waals surface area contributed by atoms with Gasteiger partial charge in [-0.2, -0.15) is 0 Å². The molecule has 4 saturated carbocycles. The monoisotopic (exact) mass is 450 g/mol. The van der Waals surface area contributed by atoms with Crippen LogP contribution in [-0.2, 0) is 14.3 Å². The quantitative estimate of drug-likeness (QED) is 0.398. The molecule has 33 heavy (non-hydrogen) atoms. The first kappa shape index (κ1) is 22.7. The average molecular weight is 451 g/mol. The summed E-state index contributed by atoms with van der Waals surface area (Å²) in [5.74, 6) is 1.86. The molecule has 4 fully saturated rings. The third-order valence-electron chi connectivity index (χ3n) is 10.1. The van der Waals surface area contributed by atoms with Gasteiger partial charge in [0.1, 0.15) is 12.2 Å². The molecule has 0 unspecified atom stereocenters. The molecule has 1 aromatic rings. The van der Waals surface area contributed by atoms with Gasteiger partial charge in [-0.3, -0.25) is 4.79 Å². The van der Waals surface area contributed by atoms with Gasteiger partial charge in [0.25, 0.3) is 0 Å². The minimum absolute atomic E-state index is 0.0193. The molecular weight excluding hydrogens is 412 g/mol. The van der Waals surface area contributed by atoms with E-state index in [1.165, 1.54) is 18.9 Å². The van der Waals surface area contributed by atoms with E-state index in [4.69, 9.17) is 9.47 Å². The van der Waals surface area contributed by atoms with Crippen LogP contribution in [-0.4, -0.2) is 24.1 Å². The van der Waals surface area contributed by atoms with Crippen molar-refractivity contribution in [2.24, 2.45) is 34.5 Å². The summed E-state index contributed by atoms with van der Waals surface area (Å²) in [6, 6.07) is 9.38. The molecule has 0 amide bonds. The minimum atomic E-state index is -0.192. The number of allylic oxidation sites excluding steroid dienone is 1. The van der Waals surface area contributed by atoms with Crippen LogP contribution in [0.3, 0.4) is 0 Å². The zero-order valence-corrected chi connectivity index (χ0v) is 20.3. The van der Waals surface area contributed by atoms with Crippen molar-refractivity contribution in [1.82, 2.24) is 0 Å². The molecule has 0 saturated heterocycles. The van der Waals surface area contributed by atoms with Crippen molar-refractivity contribution >= 4 is 11.9 Å². The van der Waals surface area contributed by atoms with E-state index < -0.39 is 0 Å². The van der Waals surface area contributed by atoms with Crippen molar-refractivity contribution in [1.29, 1.82) is 0 Å². The van der Waals surface area contributed by atoms with Gasteiger partial charge in [0.2, 0.25) is 0 Å². The molecule has 0 spiro atoms. The Morgan fingerprint density at radius 3 is 2.36 bits per heavy atom. The highest BCUT2D eigenvalue weighted by Gasteiger charge is 2.62. The first-order valence-corrected chi connectivity index (χ1v) is 12.8. The van der Waals surface area contributed by atoms with Gasteiger partial charge in [-0.15, -0.1) is 0 Å². The Labute approximate surface area is 198 Å². The van der Waals surface area contributed by atoms with Crippen molar-refractivity contribution in [3.8, 4) is 0 Å². The lowest BCUT2D eigenvalue weighted by atomic mass is 9.44. The smallest absolute Gasteiger partial charge is 0.338 e. The molecule has 8 atom stereocenters. The molecule has 4 aliphatic carbocycles. The fourth-order valence-electron chi connectivity index (χ4n) is 8.35. The second-order valence-electron chi connectivity index (χ2n) is 11.7. The summed E-state index contributed by atoms with van der Waals surface area (Å²) in [7, 11) is 0. The molecule has 5 rings (SSSR count). The molecule has 178 valence electrons. The lowest BCUT2D eigenvalue weighted by molar-refractivity contribution is -0.156. The molecule has 4 heteroatoms. The molecule has 0 N–H and O–H groups in total. The summed E-state index contributed by atoms with van der Waals surface area (Å²) in [5, 5.41) is 0. The lowest BCUT2D eigenvalue weighted by Crippen LogP contribution is -2.55. The number of hydrogen-bond donors (Lipinski definition) is 0. The van der Waals surface area contributed by atoms with E-state index >= 15 is 0 Å². The number of carbonyl (C=O) groups is 2. The molecule has 1 aromatic carbocycles. The van der Waals surface area contributed by atoms with Crippen LogP contribution in [0.5, 0.6) is 0 Å². The third-order valence-corrected chi connectivity index (χ3v) is 10.1. The first-order chi connectivity index (χ1) is 15.7. The van der Waals surface area contributed by atoms with Gasteiger partial charge in [0, 0.05) is 12.3 Å². The summed E-state index contributed by atoms with van der Waals surface area (Å²) < 4.78 is 11.8. The largest absolute Gasteiger partial charge is 0.463 e. The van der Waals surface area contributed by atoms with Crippen LogP contribution in [0.15, 0.2) is 42.5 Å². The number of ether oxygens (including phenoxy) is 2. The molecule has 0 aliphatic heterocycles. The van der Waals surface area contributed by atoms with Crippen LogP contribution >= 0.6 is 0 Å². The van der Waals surface area contributed by atoms with E-state index in [9.17, 15) is 9.59 Å². The predicted molar refractivity (Wildman–Crippen MR) is 127 cm³/mol. The van der Waals surface area contributed by atoms with Gasteiger partial charge in [-0.25, -0.2) is 4.79 Å². The SMILES string of the molecule is C=C1C[C@@H]2C[C@@H](OC(C)=O)CC[C@@]2(C)[C@@H]2CC[C@@]3(C)[C@@H](OC(=O)c4ccccc4)CC[C@@H]3[C@H]12. The standard InChI is InChI=1S/C29H38O4/c1-18-16-21-17-22(32-19(2)30)12-14-28(21,3)24-13-15-29(4)23(26(18)24)10-11-25(29)33-27(31)20-8-6-5-7-9-20/h5-9,21-26H,1,10-17H2,2-4H3/t21-,22+,23-,24-,25+,26+,28-,29-/m1/s1. The summed E-state index contributed by atoms with van der Waals surface area (Å²) in [6.45, 7) is 11.0. The van der Waals surface area contributed by atoms with Crippen LogP contribution in [0.1, 0.15) is 82.5 Å². The fraction of sp³-hybridized carbons (Fsp3) is 0.655. The van der Waals surface area contributed by atoms with Crippen LogP contribution < -0.4 is 0 Å². The topological polar surface area (TPSA) is 52.6 Å². The van der Waals surface area contributed by atoms with Crippen LogP contribution in [0.2, 0.25) is 0 Å². The Balaban J connectivity index is 1.34. The van der Waals surface area contributed by atoms with Gasteiger partial charge >= 0.3 is 11.9 Å². The average Bonchev–Trinajstić information content (AvgIpc) is 3.11. The highest BCUT2D eigenvalue weighted by Crippen LogP contribution is 2.67. The van der Waals surface area contributed by atoms with E-state index in [-0.39, 0.29) is 35.0 Å². The summed E-state index contributed by atoms with van der Waals surface area (Å²) in [6.07, 6.45) is 8.48. The number of carbonyl (C=O) groups excluding carboxylic acids is 2. The van der Waals surface area contributed by atoms with E-state index in [2.05, 4.69) is 20.4 Å². The Hall–Kier alpha value is -2.10. The third kappa shape index (κ3) is 3.74. The number of rotatable bonds is 3. The van der Waals surface area contributed by atoms with Crippen molar-refractivity contribution in [3.05, 3.63) is 48.0 Å². The van der Waals surface area contributed by atoms with E-state index in [1.807, 2.05) is 30.3 Å². The number of fused-ring (bicyclic) bond motifs is 5. The van der Waals surface area contributed by atoms with Crippen LogP contribution in [0, 0.1) is 34.5 Å². The summed E-state index contributed by atoms with van der Waals surface area (Å²) >= 11 is 0. The van der Waals surface area contributed by atoms with Crippen molar-refractivity contribution < 1.29 is 19.1 Å². The Morgan fingerprint density at radius 2 is 1.64 bits per heavy atom. The highest BCUT2D eigenvalue weighted by molar-refractivity contribution is 5.89. The summed E-state index contributed by atoms with van der Waals surface area (Å²) in [5.41, 5.74) is 2.33. The van der Waals surface area contributed by atoms with Crippen molar-refractivity contribution in [3.63, 3.8) is 0 Å². The lowest BCUT2D eigenvalue weighted by Gasteiger charge is -2.61. The molecule has 0 bridgehead atoms. The van der Waals surface area contributed by atoms with E-state index in [1.54, 1.807) is 0 Å². The first-order valence-electron chi connectivity index (χ1n) is 12.8. The maximum atomic E-state index is 12.8. The van der Waals surface area contributed by atoms with Crippen LogP contribution in [0.25, 0.3) is 0 Å².